The molecule has 12 heteroatoms. The summed E-state index contributed by atoms with van der Waals surface area (Å²) >= 11 is 0. The van der Waals surface area contributed by atoms with Crippen molar-refractivity contribution in [3.63, 3.8) is 0 Å². The Hall–Kier alpha value is -0.935. The van der Waals surface area contributed by atoms with Gasteiger partial charge in [0.2, 0.25) is 0 Å². The number of nitrogens with zero attached hydrogens (tertiary/aromatic N) is 3. The Kier molecular flexibility index (Phi) is 4.00. The monoisotopic (exact) mass is 356 g/mol. The lowest BCUT2D eigenvalue weighted by Crippen LogP contribution is -2.47. The zero-order chi connectivity index (χ0) is 17.1. The molecule has 0 aliphatic carbocycles. The van der Waals surface area contributed by atoms with Crippen LogP contribution >= 0.6 is 7.82 Å². The summed E-state index contributed by atoms with van der Waals surface area (Å²) in [7, 11) is 6.03. The van der Waals surface area contributed by atoms with Gasteiger partial charge in [-0.2, -0.15) is 9.05 Å². The van der Waals surface area contributed by atoms with Gasteiger partial charge in [0, 0.05) is 0 Å². The minimum Gasteiger partial charge on any atom is -0.385 e. The van der Waals surface area contributed by atoms with Gasteiger partial charge in [-0.05, 0) is 14.1 Å². The van der Waals surface area contributed by atoms with Crippen molar-refractivity contribution in [1.82, 2.24) is 20.4 Å². The van der Waals surface area contributed by atoms with Crippen molar-refractivity contribution in [1.29, 1.82) is 0 Å². The first-order valence-corrected chi connectivity index (χ1v) is 9.28. The fourth-order valence-electron chi connectivity index (χ4n) is 3.34. The molecule has 0 saturated carbocycles. The van der Waals surface area contributed by atoms with Crippen LogP contribution in [0.3, 0.4) is 0 Å². The molecule has 10 nitrogen and oxygen atoms in total. The number of ether oxygens (including phenoxy) is 1. The quantitative estimate of drug-likeness (QED) is 0.326. The van der Waals surface area contributed by atoms with Crippen LogP contribution in [0.1, 0.15) is 0 Å². The summed E-state index contributed by atoms with van der Waals surface area (Å²) in [6.07, 6.45) is -1.34. The van der Waals surface area contributed by atoms with Crippen molar-refractivity contribution in [2.45, 2.75) is 30.7 Å². The standard InChI is InChI=1S/C12H20BN5O5P/c1-17(2)10-7-11(15-4-14-10)18(5-16-7)12-8(19)9-6(22-12)3-21-24(13,20)23-9/h4,6,8-10,12,16,19-20H,3,5H2,1-2H3,(H,14,15)/q+1/t6?,8?,9-,10?,12?,24?/m1/s1. The second-order valence-corrected chi connectivity index (χ2v) is 7.91. The van der Waals surface area contributed by atoms with Crippen LogP contribution in [-0.4, -0.2) is 91.8 Å². The molecular formula is C12H20BN5O5P+. The number of aliphatic hydroxyl groups excluding tert-OH is 1. The third kappa shape index (κ3) is 2.60. The van der Waals surface area contributed by atoms with Gasteiger partial charge < -0.3 is 25.4 Å². The molecule has 4 aliphatic rings. The highest BCUT2D eigenvalue weighted by atomic mass is 31.2. The fraction of sp³-hybridized carbons (Fsp3) is 0.750. The molecule has 0 bridgehead atoms. The molecule has 2 saturated heterocycles. The largest absolute Gasteiger partial charge is 0.488 e. The molecule has 4 heterocycles. The Bertz CT molecular complexity index is 590. The third-order valence-corrected chi connectivity index (χ3v) is 5.52. The van der Waals surface area contributed by atoms with Gasteiger partial charge in [0.25, 0.3) is 0 Å². The molecule has 4 aliphatic heterocycles. The van der Waals surface area contributed by atoms with Crippen molar-refractivity contribution >= 4 is 21.7 Å². The number of nitrogens with one attached hydrogen (secondary N) is 2. The van der Waals surface area contributed by atoms with E-state index >= 15 is 0 Å². The molecule has 24 heavy (non-hydrogen) atoms. The van der Waals surface area contributed by atoms with E-state index in [9.17, 15) is 10.00 Å². The maximum Gasteiger partial charge on any atom is 0.488 e. The minimum atomic E-state index is -3.38. The van der Waals surface area contributed by atoms with Crippen LogP contribution in [0.25, 0.3) is 0 Å². The first-order chi connectivity index (χ1) is 11.4. The first-order valence-electron chi connectivity index (χ1n) is 7.63. The molecule has 2 fully saturated rings. The predicted octanol–water partition coefficient (Wildman–Crippen LogP) is -2.12. The molecule has 0 aromatic heterocycles. The summed E-state index contributed by atoms with van der Waals surface area (Å²) in [4.78, 5) is 18.0. The summed E-state index contributed by atoms with van der Waals surface area (Å²) in [6, 6.07) is 0. The highest BCUT2D eigenvalue weighted by Crippen LogP contribution is 2.58. The van der Waals surface area contributed by atoms with E-state index in [1.807, 2.05) is 23.9 Å². The number of hydrogen-bond acceptors (Lipinski definition) is 10. The van der Waals surface area contributed by atoms with Gasteiger partial charge in [-0.3, -0.25) is 4.90 Å². The van der Waals surface area contributed by atoms with Crippen LogP contribution in [0.5, 0.6) is 0 Å². The van der Waals surface area contributed by atoms with E-state index in [-0.39, 0.29) is 12.8 Å². The van der Waals surface area contributed by atoms with E-state index in [1.165, 1.54) is 0 Å². The number of rotatable bonds is 2. The van der Waals surface area contributed by atoms with Gasteiger partial charge in [-0.1, -0.05) is 0 Å². The van der Waals surface area contributed by atoms with Crippen molar-refractivity contribution in [3.05, 3.63) is 11.5 Å². The molecular weight excluding hydrogens is 336 g/mol. The van der Waals surface area contributed by atoms with Gasteiger partial charge >= 0.3 is 15.4 Å². The van der Waals surface area contributed by atoms with Gasteiger partial charge in [-0.15, -0.1) is 0 Å². The van der Waals surface area contributed by atoms with Crippen molar-refractivity contribution in [3.8, 4) is 0 Å². The highest BCUT2D eigenvalue weighted by molar-refractivity contribution is 7.85. The van der Waals surface area contributed by atoms with Crippen LogP contribution in [0.4, 0.5) is 0 Å². The van der Waals surface area contributed by atoms with E-state index < -0.39 is 32.4 Å². The molecule has 5 unspecified atom stereocenters. The van der Waals surface area contributed by atoms with Gasteiger partial charge in [0.05, 0.1) is 18.7 Å². The Morgan fingerprint density at radius 1 is 1.50 bits per heavy atom. The number of hydrogen-bond donors (Lipinski definition) is 4. The van der Waals surface area contributed by atoms with E-state index in [0.29, 0.717) is 6.67 Å². The Balaban J connectivity index is 1.55. The van der Waals surface area contributed by atoms with E-state index in [2.05, 4.69) is 15.6 Å². The molecule has 6 atom stereocenters. The average Bonchev–Trinajstić information content (AvgIpc) is 3.08. The third-order valence-electron chi connectivity index (χ3n) is 4.46. The van der Waals surface area contributed by atoms with Gasteiger partial charge in [0.1, 0.15) is 30.8 Å². The molecule has 0 aromatic rings. The van der Waals surface area contributed by atoms with Gasteiger partial charge in [0.15, 0.2) is 12.3 Å². The van der Waals surface area contributed by atoms with Crippen molar-refractivity contribution < 1.29 is 23.8 Å². The number of likely N-dealkylation sites (N-methyl/N-ethyl adjacent to an activating group) is 1. The maximum atomic E-state index is 10.6. The molecule has 4 rings (SSSR count). The Morgan fingerprint density at radius 2 is 2.29 bits per heavy atom. The molecule has 4 N–H and O–H groups in total. The highest BCUT2D eigenvalue weighted by Gasteiger charge is 2.58. The molecule has 2 radical (unpaired) electrons. The molecule has 0 spiro atoms. The average molecular weight is 356 g/mol. The Labute approximate surface area is 141 Å². The number of fused-ring (bicyclic) bond motifs is 1. The minimum absolute atomic E-state index is 0.0847. The Morgan fingerprint density at radius 3 is 3.04 bits per heavy atom. The fourth-order valence-corrected chi connectivity index (χ4v) is 4.37. The van der Waals surface area contributed by atoms with Crippen LogP contribution in [0, 0.1) is 0 Å². The summed E-state index contributed by atoms with van der Waals surface area (Å²) in [5.41, 5.74) is 0.910. The van der Waals surface area contributed by atoms with Gasteiger partial charge in [-0.25, -0.2) is 9.89 Å². The van der Waals surface area contributed by atoms with E-state index in [4.69, 9.17) is 21.4 Å². The lowest BCUT2D eigenvalue weighted by atomic mass is 10.1. The summed E-state index contributed by atoms with van der Waals surface area (Å²) in [5, 5.41) is 17.0. The zero-order valence-corrected chi connectivity index (χ0v) is 14.3. The van der Waals surface area contributed by atoms with E-state index in [1.54, 1.807) is 6.34 Å². The molecule has 130 valence electrons. The summed E-state index contributed by atoms with van der Waals surface area (Å²) in [5.74, 6) is 0.796. The maximum absolute atomic E-state index is 10.6. The topological polar surface area (TPSA) is 111 Å². The zero-order valence-electron chi connectivity index (χ0n) is 13.4. The van der Waals surface area contributed by atoms with Crippen molar-refractivity contribution in [2.24, 2.45) is 4.99 Å². The molecule has 0 amide bonds. The van der Waals surface area contributed by atoms with Crippen LogP contribution < -0.4 is 10.6 Å². The first kappa shape index (κ1) is 16.5. The smallest absolute Gasteiger partial charge is 0.385 e. The molecule has 0 aromatic carbocycles. The lowest BCUT2D eigenvalue weighted by molar-refractivity contribution is -0.0855. The summed E-state index contributed by atoms with van der Waals surface area (Å²) < 4.78 is 16.3. The predicted molar refractivity (Wildman–Crippen MR) is 86.4 cm³/mol. The second kappa shape index (κ2) is 5.81. The van der Waals surface area contributed by atoms with Crippen LogP contribution in [0.15, 0.2) is 16.5 Å². The van der Waals surface area contributed by atoms with Crippen molar-refractivity contribution in [2.75, 3.05) is 27.4 Å². The van der Waals surface area contributed by atoms with Crippen LogP contribution in [0.2, 0.25) is 0 Å². The second-order valence-electron chi connectivity index (χ2n) is 6.31. The number of aliphatic hydroxyl groups is 1. The normalized spacial score (nSPS) is 44.4. The van der Waals surface area contributed by atoms with E-state index in [0.717, 1.165) is 11.5 Å². The lowest BCUT2D eigenvalue weighted by Gasteiger charge is -2.31. The number of aliphatic imine (C=N–C) groups is 1. The SMILES string of the molecule is [B][P+]1(O)OCC2OC(N3CNC4=C3NC=NC4N(C)C)C(O)[C@@H]2O1. The summed E-state index contributed by atoms with van der Waals surface area (Å²) in [6.45, 7) is 0.539. The van der Waals surface area contributed by atoms with Crippen LogP contribution in [-0.2, 0) is 13.8 Å².